The molecule has 0 amide bonds. The van der Waals surface area contributed by atoms with Crippen molar-refractivity contribution in [3.63, 3.8) is 0 Å². The van der Waals surface area contributed by atoms with E-state index in [1.807, 2.05) is 0 Å². The molecule has 0 spiro atoms. The molecule has 0 bridgehead atoms. The second-order valence-electron chi connectivity index (χ2n) is 3.33. The van der Waals surface area contributed by atoms with E-state index in [1.54, 1.807) is 6.08 Å². The third kappa shape index (κ3) is 3.88. The SMILES string of the molecule is C=CCOC(CC)CNC1CC1. The molecule has 1 aliphatic rings. The number of ether oxygens (including phenoxy) is 1. The van der Waals surface area contributed by atoms with Crippen molar-refractivity contribution in [1.29, 1.82) is 0 Å². The summed E-state index contributed by atoms with van der Waals surface area (Å²) < 4.78 is 5.54. The Bertz CT molecular complexity index is 132. The molecule has 2 nitrogen and oxygen atoms in total. The van der Waals surface area contributed by atoms with Crippen molar-refractivity contribution in [2.45, 2.75) is 38.3 Å². The molecule has 0 heterocycles. The van der Waals surface area contributed by atoms with Gasteiger partial charge in [-0.25, -0.2) is 0 Å². The zero-order valence-corrected chi connectivity index (χ0v) is 7.88. The molecule has 0 aliphatic heterocycles. The van der Waals surface area contributed by atoms with Crippen LogP contribution < -0.4 is 5.32 Å². The fourth-order valence-electron chi connectivity index (χ4n) is 1.11. The molecule has 0 aromatic carbocycles. The summed E-state index contributed by atoms with van der Waals surface area (Å²) in [6.45, 7) is 7.45. The Hall–Kier alpha value is -0.340. The number of rotatable bonds is 7. The summed E-state index contributed by atoms with van der Waals surface area (Å²) in [5.74, 6) is 0. The van der Waals surface area contributed by atoms with Gasteiger partial charge >= 0.3 is 0 Å². The highest BCUT2D eigenvalue weighted by Gasteiger charge is 2.21. The van der Waals surface area contributed by atoms with Gasteiger partial charge < -0.3 is 10.1 Å². The van der Waals surface area contributed by atoms with Gasteiger partial charge in [0.25, 0.3) is 0 Å². The average molecular weight is 169 g/mol. The van der Waals surface area contributed by atoms with Crippen LogP contribution in [-0.2, 0) is 4.74 Å². The Morgan fingerprint density at radius 2 is 2.42 bits per heavy atom. The average Bonchev–Trinajstić information content (AvgIpc) is 2.89. The number of hydrogen-bond donors (Lipinski definition) is 1. The molecule has 1 atom stereocenters. The number of nitrogens with one attached hydrogen (secondary N) is 1. The van der Waals surface area contributed by atoms with Crippen LogP contribution in [0.15, 0.2) is 12.7 Å². The molecular formula is C10H19NO. The summed E-state index contributed by atoms with van der Waals surface area (Å²) in [7, 11) is 0. The molecule has 1 aliphatic carbocycles. The summed E-state index contributed by atoms with van der Waals surface area (Å²) in [5, 5.41) is 3.46. The van der Waals surface area contributed by atoms with Crippen LogP contribution in [0.5, 0.6) is 0 Å². The summed E-state index contributed by atoms with van der Waals surface area (Å²) in [6, 6.07) is 0.784. The Kier molecular flexibility index (Phi) is 4.33. The minimum atomic E-state index is 0.364. The molecule has 0 radical (unpaired) electrons. The van der Waals surface area contributed by atoms with Crippen molar-refractivity contribution in [3.05, 3.63) is 12.7 Å². The fourth-order valence-corrected chi connectivity index (χ4v) is 1.11. The van der Waals surface area contributed by atoms with Gasteiger partial charge in [0.05, 0.1) is 12.7 Å². The van der Waals surface area contributed by atoms with E-state index < -0.39 is 0 Å². The van der Waals surface area contributed by atoms with Crippen molar-refractivity contribution in [1.82, 2.24) is 5.32 Å². The summed E-state index contributed by atoms with van der Waals surface area (Å²) in [4.78, 5) is 0. The Labute approximate surface area is 75.0 Å². The smallest absolute Gasteiger partial charge is 0.0701 e. The topological polar surface area (TPSA) is 21.3 Å². The van der Waals surface area contributed by atoms with Crippen molar-refractivity contribution in [2.75, 3.05) is 13.2 Å². The molecule has 1 rings (SSSR count). The van der Waals surface area contributed by atoms with E-state index in [0.29, 0.717) is 12.7 Å². The van der Waals surface area contributed by atoms with Crippen LogP contribution in [0.2, 0.25) is 0 Å². The predicted molar refractivity (Wildman–Crippen MR) is 51.3 cm³/mol. The third-order valence-electron chi connectivity index (χ3n) is 2.12. The maximum Gasteiger partial charge on any atom is 0.0701 e. The van der Waals surface area contributed by atoms with Gasteiger partial charge in [-0.3, -0.25) is 0 Å². The van der Waals surface area contributed by atoms with Gasteiger partial charge in [-0.05, 0) is 19.3 Å². The first kappa shape index (κ1) is 9.75. The highest BCUT2D eigenvalue weighted by molar-refractivity contribution is 4.82. The van der Waals surface area contributed by atoms with E-state index in [4.69, 9.17) is 4.74 Å². The van der Waals surface area contributed by atoms with Crippen molar-refractivity contribution in [2.24, 2.45) is 0 Å². The minimum absolute atomic E-state index is 0.364. The van der Waals surface area contributed by atoms with E-state index >= 15 is 0 Å². The maximum absolute atomic E-state index is 5.54. The lowest BCUT2D eigenvalue weighted by atomic mass is 10.3. The largest absolute Gasteiger partial charge is 0.373 e. The fraction of sp³-hybridized carbons (Fsp3) is 0.800. The Morgan fingerprint density at radius 1 is 1.67 bits per heavy atom. The monoisotopic (exact) mass is 169 g/mol. The first-order valence-corrected chi connectivity index (χ1v) is 4.82. The number of hydrogen-bond acceptors (Lipinski definition) is 2. The van der Waals surface area contributed by atoms with Crippen LogP contribution in [0.1, 0.15) is 26.2 Å². The van der Waals surface area contributed by atoms with Gasteiger partial charge in [-0.2, -0.15) is 0 Å². The summed E-state index contributed by atoms with van der Waals surface area (Å²) in [6.07, 6.45) is 5.94. The lowest BCUT2D eigenvalue weighted by Crippen LogP contribution is -2.30. The maximum atomic E-state index is 5.54. The molecule has 0 aromatic heterocycles. The lowest BCUT2D eigenvalue weighted by Gasteiger charge is -2.15. The summed E-state index contributed by atoms with van der Waals surface area (Å²) in [5.41, 5.74) is 0. The summed E-state index contributed by atoms with van der Waals surface area (Å²) >= 11 is 0. The normalized spacial score (nSPS) is 19.1. The molecule has 1 saturated carbocycles. The minimum Gasteiger partial charge on any atom is -0.373 e. The van der Waals surface area contributed by atoms with Crippen molar-refractivity contribution in [3.8, 4) is 0 Å². The first-order chi connectivity index (χ1) is 5.86. The van der Waals surface area contributed by atoms with Crippen LogP contribution in [-0.4, -0.2) is 25.3 Å². The highest BCUT2D eigenvalue weighted by atomic mass is 16.5. The lowest BCUT2D eigenvalue weighted by molar-refractivity contribution is 0.0711. The van der Waals surface area contributed by atoms with Gasteiger partial charge in [0.1, 0.15) is 0 Å². The van der Waals surface area contributed by atoms with E-state index in [-0.39, 0.29) is 0 Å². The molecular weight excluding hydrogens is 150 g/mol. The first-order valence-electron chi connectivity index (χ1n) is 4.82. The molecule has 1 N–H and O–H groups in total. The van der Waals surface area contributed by atoms with E-state index in [9.17, 15) is 0 Å². The van der Waals surface area contributed by atoms with Gasteiger partial charge in [-0.1, -0.05) is 13.0 Å². The zero-order chi connectivity index (χ0) is 8.81. The van der Waals surface area contributed by atoms with Crippen LogP contribution in [0.25, 0.3) is 0 Å². The van der Waals surface area contributed by atoms with E-state index in [0.717, 1.165) is 19.0 Å². The van der Waals surface area contributed by atoms with Crippen molar-refractivity contribution >= 4 is 0 Å². The molecule has 1 unspecified atom stereocenters. The quantitative estimate of drug-likeness (QED) is 0.586. The predicted octanol–water partition coefficient (Wildman–Crippen LogP) is 1.72. The van der Waals surface area contributed by atoms with Gasteiger partial charge in [-0.15, -0.1) is 6.58 Å². The molecule has 12 heavy (non-hydrogen) atoms. The Morgan fingerprint density at radius 3 is 2.92 bits per heavy atom. The molecule has 0 saturated heterocycles. The van der Waals surface area contributed by atoms with Crippen LogP contribution in [0.4, 0.5) is 0 Å². The standard InChI is InChI=1S/C10H19NO/c1-3-7-12-10(4-2)8-11-9-5-6-9/h3,9-11H,1,4-8H2,2H3. The molecule has 70 valence electrons. The van der Waals surface area contributed by atoms with Crippen LogP contribution in [0, 0.1) is 0 Å². The van der Waals surface area contributed by atoms with Gasteiger partial charge in [0, 0.05) is 12.6 Å². The van der Waals surface area contributed by atoms with Crippen LogP contribution in [0.3, 0.4) is 0 Å². The van der Waals surface area contributed by atoms with Crippen molar-refractivity contribution < 1.29 is 4.74 Å². The second kappa shape index (κ2) is 5.33. The van der Waals surface area contributed by atoms with E-state index in [2.05, 4.69) is 18.8 Å². The molecule has 0 aromatic rings. The second-order valence-corrected chi connectivity index (χ2v) is 3.33. The molecule has 2 heteroatoms. The Balaban J connectivity index is 2.01. The van der Waals surface area contributed by atoms with Gasteiger partial charge in [0.2, 0.25) is 0 Å². The van der Waals surface area contributed by atoms with Crippen LogP contribution >= 0.6 is 0 Å². The van der Waals surface area contributed by atoms with E-state index in [1.165, 1.54) is 12.8 Å². The molecule has 1 fully saturated rings. The third-order valence-corrected chi connectivity index (χ3v) is 2.12. The highest BCUT2D eigenvalue weighted by Crippen LogP contribution is 2.18. The van der Waals surface area contributed by atoms with Gasteiger partial charge in [0.15, 0.2) is 0 Å². The zero-order valence-electron chi connectivity index (χ0n) is 7.88.